The zero-order valence-electron chi connectivity index (χ0n) is 18.5. The number of halogens is 2. The zero-order chi connectivity index (χ0) is 24.5. The molecule has 2 N–H and O–H groups in total. The molecule has 2 aromatic carbocycles. The summed E-state index contributed by atoms with van der Waals surface area (Å²) >= 11 is 0. The van der Waals surface area contributed by atoms with Crippen LogP contribution in [-0.4, -0.2) is 59.6 Å². The van der Waals surface area contributed by atoms with Crippen LogP contribution in [0.25, 0.3) is 11.1 Å². The van der Waals surface area contributed by atoms with E-state index in [1.807, 2.05) is 48.5 Å². The molecule has 34 heavy (non-hydrogen) atoms. The normalized spacial score (nSPS) is 18.9. The minimum absolute atomic E-state index is 0.0582. The van der Waals surface area contributed by atoms with Gasteiger partial charge in [-0.1, -0.05) is 54.6 Å². The Hall–Kier alpha value is -3.75. The van der Waals surface area contributed by atoms with Crippen molar-refractivity contribution in [2.24, 2.45) is 0 Å². The molecule has 7 nitrogen and oxygen atoms in total. The molecule has 0 bridgehead atoms. The van der Waals surface area contributed by atoms with Crippen LogP contribution in [0.2, 0.25) is 0 Å². The van der Waals surface area contributed by atoms with Crippen molar-refractivity contribution < 1.29 is 33.0 Å². The first-order valence-electron chi connectivity index (χ1n) is 10.8. The highest BCUT2D eigenvalue weighted by Crippen LogP contribution is 2.44. The summed E-state index contributed by atoms with van der Waals surface area (Å²) in [6.45, 7) is 0.492. The molecule has 1 saturated heterocycles. The van der Waals surface area contributed by atoms with Gasteiger partial charge in [-0.15, -0.1) is 0 Å². The second-order valence-corrected chi connectivity index (χ2v) is 8.44. The predicted octanol–water partition coefficient (Wildman–Crippen LogP) is 3.79. The summed E-state index contributed by atoms with van der Waals surface area (Å²) in [5.41, 5.74) is 4.43. The van der Waals surface area contributed by atoms with Crippen LogP contribution in [0.5, 0.6) is 0 Å². The molecule has 2 aromatic rings. The quantitative estimate of drug-likeness (QED) is 0.627. The number of nitrogens with zero attached hydrogens (tertiary/aromatic N) is 1. The fraction of sp³-hybridized carbons (Fsp3) is 0.320. The van der Waals surface area contributed by atoms with E-state index in [1.54, 1.807) is 0 Å². The third kappa shape index (κ3) is 4.64. The molecular weight excluding hydrogens is 446 g/mol. The molecule has 0 aromatic heterocycles. The van der Waals surface area contributed by atoms with E-state index in [0.29, 0.717) is 4.90 Å². The fourth-order valence-corrected chi connectivity index (χ4v) is 4.50. The van der Waals surface area contributed by atoms with Crippen molar-refractivity contribution in [3.63, 3.8) is 0 Å². The second kappa shape index (κ2) is 9.24. The summed E-state index contributed by atoms with van der Waals surface area (Å²) in [5, 5.41) is 11.7. The van der Waals surface area contributed by atoms with Crippen LogP contribution in [0.15, 0.2) is 60.2 Å². The molecule has 2 aliphatic rings. The van der Waals surface area contributed by atoms with Gasteiger partial charge in [0.1, 0.15) is 12.6 Å². The Morgan fingerprint density at radius 3 is 2.29 bits per heavy atom. The first kappa shape index (κ1) is 23.4. The molecule has 9 heteroatoms. The molecule has 178 valence electrons. The van der Waals surface area contributed by atoms with Crippen LogP contribution >= 0.6 is 0 Å². The SMILES string of the molecule is C/C(=C\CNC(=O)OCC1c2ccccc2-c2ccccc21)C(=O)N1CC(F)(F)CC1C(=O)O. The van der Waals surface area contributed by atoms with Gasteiger partial charge in [-0.25, -0.2) is 18.4 Å². The van der Waals surface area contributed by atoms with E-state index in [-0.39, 0.29) is 24.6 Å². The van der Waals surface area contributed by atoms with Gasteiger partial charge in [-0.2, -0.15) is 0 Å². The number of rotatable bonds is 6. The van der Waals surface area contributed by atoms with Gasteiger partial charge in [0.15, 0.2) is 0 Å². The molecule has 1 atom stereocenters. The Kier molecular flexibility index (Phi) is 6.37. The average molecular weight is 470 g/mol. The van der Waals surface area contributed by atoms with E-state index in [0.717, 1.165) is 22.3 Å². The summed E-state index contributed by atoms with van der Waals surface area (Å²) in [4.78, 5) is 36.6. The van der Waals surface area contributed by atoms with E-state index in [1.165, 1.54) is 13.0 Å². The lowest BCUT2D eigenvalue weighted by Crippen LogP contribution is -2.41. The fourth-order valence-electron chi connectivity index (χ4n) is 4.50. The van der Waals surface area contributed by atoms with Crippen molar-refractivity contribution in [3.8, 4) is 11.1 Å². The van der Waals surface area contributed by atoms with Gasteiger partial charge < -0.3 is 20.1 Å². The molecule has 1 fully saturated rings. The number of nitrogens with one attached hydrogen (secondary N) is 1. The maximum atomic E-state index is 13.6. The monoisotopic (exact) mass is 470 g/mol. The van der Waals surface area contributed by atoms with E-state index in [2.05, 4.69) is 5.32 Å². The lowest BCUT2D eigenvalue weighted by Gasteiger charge is -2.21. The number of carbonyl (C=O) groups excluding carboxylic acids is 2. The van der Waals surface area contributed by atoms with Crippen LogP contribution in [-0.2, 0) is 14.3 Å². The van der Waals surface area contributed by atoms with Crippen molar-refractivity contribution in [3.05, 3.63) is 71.3 Å². The van der Waals surface area contributed by atoms with Crippen LogP contribution < -0.4 is 5.32 Å². The standard InChI is InChI=1S/C25H24F2N2O5/c1-15(22(30)29-14-25(26,27)12-21(29)23(31)32)10-11-28-24(33)34-13-20-18-8-4-2-6-16(18)17-7-3-5-9-19(17)20/h2-10,20-21H,11-14H2,1H3,(H,28,33)(H,31,32)/b15-10+. The van der Waals surface area contributed by atoms with E-state index in [9.17, 15) is 23.2 Å². The molecule has 1 heterocycles. The molecule has 0 radical (unpaired) electrons. The maximum Gasteiger partial charge on any atom is 0.407 e. The van der Waals surface area contributed by atoms with Gasteiger partial charge in [-0.05, 0) is 29.2 Å². The highest BCUT2D eigenvalue weighted by atomic mass is 19.3. The average Bonchev–Trinajstić information content (AvgIpc) is 3.31. The first-order valence-corrected chi connectivity index (χ1v) is 10.8. The molecule has 0 spiro atoms. The van der Waals surface area contributed by atoms with Gasteiger partial charge in [0.25, 0.3) is 5.92 Å². The molecule has 1 aliphatic heterocycles. The highest BCUT2D eigenvalue weighted by Gasteiger charge is 2.50. The number of alkyl carbamates (subject to hydrolysis) is 1. The van der Waals surface area contributed by atoms with Crippen molar-refractivity contribution in [2.45, 2.75) is 31.2 Å². The number of hydrogen-bond acceptors (Lipinski definition) is 4. The zero-order valence-corrected chi connectivity index (χ0v) is 18.5. The number of aliphatic carboxylic acids is 1. The van der Waals surface area contributed by atoms with Crippen LogP contribution in [0.1, 0.15) is 30.4 Å². The van der Waals surface area contributed by atoms with Gasteiger partial charge in [0.2, 0.25) is 5.91 Å². The lowest BCUT2D eigenvalue weighted by molar-refractivity contribution is -0.146. The van der Waals surface area contributed by atoms with Gasteiger partial charge in [0.05, 0.1) is 6.54 Å². The Bertz CT molecular complexity index is 1120. The largest absolute Gasteiger partial charge is 0.480 e. The Labute approximate surface area is 195 Å². The van der Waals surface area contributed by atoms with Gasteiger partial charge >= 0.3 is 12.1 Å². The van der Waals surface area contributed by atoms with Crippen molar-refractivity contribution in [1.82, 2.24) is 10.2 Å². The lowest BCUT2D eigenvalue weighted by atomic mass is 9.98. The van der Waals surface area contributed by atoms with Gasteiger partial charge in [0, 0.05) is 24.5 Å². The first-order chi connectivity index (χ1) is 16.2. The van der Waals surface area contributed by atoms with Crippen molar-refractivity contribution in [1.29, 1.82) is 0 Å². The number of carboxylic acids is 1. The minimum atomic E-state index is -3.25. The van der Waals surface area contributed by atoms with E-state index < -0.39 is 42.9 Å². The number of amides is 2. The number of carbonyl (C=O) groups is 3. The number of likely N-dealkylation sites (tertiary alicyclic amines) is 1. The summed E-state index contributed by atoms with van der Waals surface area (Å²) in [6, 6.07) is 14.3. The summed E-state index contributed by atoms with van der Waals surface area (Å²) in [5.74, 6) is -5.63. The van der Waals surface area contributed by atoms with Crippen LogP contribution in [0.4, 0.5) is 13.6 Å². The maximum absolute atomic E-state index is 13.6. The topological polar surface area (TPSA) is 95.9 Å². The minimum Gasteiger partial charge on any atom is -0.480 e. The number of fused-ring (bicyclic) bond motifs is 3. The second-order valence-electron chi connectivity index (χ2n) is 8.44. The molecule has 1 aliphatic carbocycles. The summed E-state index contributed by atoms with van der Waals surface area (Å²) < 4.78 is 32.7. The Balaban J connectivity index is 1.32. The number of carboxylic acid groups (broad SMARTS) is 1. The molecule has 4 rings (SSSR count). The number of hydrogen-bond donors (Lipinski definition) is 2. The van der Waals surface area contributed by atoms with Crippen LogP contribution in [0, 0.1) is 0 Å². The van der Waals surface area contributed by atoms with Crippen molar-refractivity contribution >= 4 is 18.0 Å². The van der Waals surface area contributed by atoms with E-state index >= 15 is 0 Å². The third-order valence-corrected chi connectivity index (χ3v) is 6.15. The predicted molar refractivity (Wildman–Crippen MR) is 120 cm³/mol. The van der Waals surface area contributed by atoms with E-state index in [4.69, 9.17) is 9.84 Å². The molecule has 1 unspecified atom stereocenters. The molecule has 2 amide bonds. The summed E-state index contributed by atoms with van der Waals surface area (Å²) in [7, 11) is 0. The third-order valence-electron chi connectivity index (χ3n) is 6.15. The number of benzene rings is 2. The Morgan fingerprint density at radius 2 is 1.71 bits per heavy atom. The molecular formula is C25H24F2N2O5. The number of ether oxygens (including phenoxy) is 1. The smallest absolute Gasteiger partial charge is 0.407 e. The Morgan fingerprint density at radius 1 is 1.12 bits per heavy atom. The van der Waals surface area contributed by atoms with Gasteiger partial charge in [-0.3, -0.25) is 4.79 Å². The van der Waals surface area contributed by atoms with Crippen LogP contribution in [0.3, 0.4) is 0 Å². The highest BCUT2D eigenvalue weighted by molar-refractivity contribution is 5.96. The molecule has 0 saturated carbocycles. The summed E-state index contributed by atoms with van der Waals surface area (Å²) in [6.07, 6.45) is -0.257. The number of alkyl halides is 2. The van der Waals surface area contributed by atoms with Crippen molar-refractivity contribution in [2.75, 3.05) is 19.7 Å².